The molecule has 1 aromatic carbocycles. The molecule has 0 spiro atoms. The maximum absolute atomic E-state index is 12.8. The second-order valence-corrected chi connectivity index (χ2v) is 6.60. The number of aromatic nitrogens is 2. The second kappa shape index (κ2) is 7.03. The highest BCUT2D eigenvalue weighted by atomic mass is 32.1. The lowest BCUT2D eigenvalue weighted by molar-refractivity contribution is -0.137. The SMILES string of the molecule is CCn1c(=O)c2sccc2n(CC(=O)Nc2cccc(C(F)(F)F)c2)c1=O. The lowest BCUT2D eigenvalue weighted by Gasteiger charge is -2.12. The van der Waals surface area contributed by atoms with Gasteiger partial charge in [0.05, 0.1) is 11.1 Å². The summed E-state index contributed by atoms with van der Waals surface area (Å²) in [5.41, 5.74) is -1.68. The van der Waals surface area contributed by atoms with Gasteiger partial charge in [-0.15, -0.1) is 11.3 Å². The van der Waals surface area contributed by atoms with E-state index in [4.69, 9.17) is 0 Å². The van der Waals surface area contributed by atoms with E-state index in [9.17, 15) is 27.6 Å². The summed E-state index contributed by atoms with van der Waals surface area (Å²) in [6.45, 7) is 1.35. The zero-order valence-corrected chi connectivity index (χ0v) is 14.9. The van der Waals surface area contributed by atoms with Crippen molar-refractivity contribution in [1.82, 2.24) is 9.13 Å². The molecule has 0 bridgehead atoms. The van der Waals surface area contributed by atoms with E-state index < -0.39 is 35.4 Å². The summed E-state index contributed by atoms with van der Waals surface area (Å²) in [6, 6.07) is 5.77. The predicted molar refractivity (Wildman–Crippen MR) is 96.1 cm³/mol. The van der Waals surface area contributed by atoms with Gasteiger partial charge in [-0.1, -0.05) is 6.07 Å². The number of carbonyl (C=O) groups excluding carboxylic acids is 1. The van der Waals surface area contributed by atoms with Gasteiger partial charge in [-0.05, 0) is 36.6 Å². The number of halogens is 3. The number of alkyl halides is 3. The number of nitrogens with zero attached hydrogens (tertiary/aromatic N) is 2. The van der Waals surface area contributed by atoms with Crippen molar-refractivity contribution in [2.45, 2.75) is 26.2 Å². The van der Waals surface area contributed by atoms with E-state index in [1.54, 1.807) is 18.4 Å². The number of amides is 1. The molecule has 142 valence electrons. The van der Waals surface area contributed by atoms with Crippen LogP contribution in [0.3, 0.4) is 0 Å². The third kappa shape index (κ3) is 3.65. The molecule has 0 aliphatic heterocycles. The fourth-order valence-electron chi connectivity index (χ4n) is 2.68. The van der Waals surface area contributed by atoms with Gasteiger partial charge in [-0.25, -0.2) is 4.79 Å². The van der Waals surface area contributed by atoms with E-state index >= 15 is 0 Å². The van der Waals surface area contributed by atoms with Gasteiger partial charge in [-0.2, -0.15) is 13.2 Å². The lowest BCUT2D eigenvalue weighted by Crippen LogP contribution is -2.40. The van der Waals surface area contributed by atoms with Gasteiger partial charge in [0.15, 0.2) is 0 Å². The van der Waals surface area contributed by atoms with Crippen LogP contribution in [0.15, 0.2) is 45.3 Å². The number of carbonyl (C=O) groups is 1. The third-order valence-electron chi connectivity index (χ3n) is 3.93. The molecule has 0 unspecified atom stereocenters. The molecule has 0 aliphatic rings. The first-order valence-corrected chi connectivity index (χ1v) is 8.78. The maximum atomic E-state index is 12.8. The van der Waals surface area contributed by atoms with Crippen LogP contribution >= 0.6 is 11.3 Å². The van der Waals surface area contributed by atoms with Gasteiger partial charge in [0.2, 0.25) is 5.91 Å². The highest BCUT2D eigenvalue weighted by molar-refractivity contribution is 7.17. The topological polar surface area (TPSA) is 73.1 Å². The average Bonchev–Trinajstić information content (AvgIpc) is 3.08. The van der Waals surface area contributed by atoms with E-state index in [2.05, 4.69) is 5.32 Å². The fraction of sp³-hybridized carbons (Fsp3) is 0.235. The summed E-state index contributed by atoms with van der Waals surface area (Å²) in [7, 11) is 0. The summed E-state index contributed by atoms with van der Waals surface area (Å²) in [5, 5.41) is 3.99. The number of benzene rings is 1. The Balaban J connectivity index is 1.93. The van der Waals surface area contributed by atoms with Crippen molar-refractivity contribution >= 4 is 33.1 Å². The Kier molecular flexibility index (Phi) is 4.92. The summed E-state index contributed by atoms with van der Waals surface area (Å²) in [6.07, 6.45) is -4.53. The van der Waals surface area contributed by atoms with E-state index in [1.165, 1.54) is 12.1 Å². The molecule has 0 atom stereocenters. The first-order chi connectivity index (χ1) is 12.7. The van der Waals surface area contributed by atoms with Crippen LogP contribution in [0.2, 0.25) is 0 Å². The Morgan fingerprint density at radius 2 is 1.93 bits per heavy atom. The molecule has 3 aromatic rings. The lowest BCUT2D eigenvalue weighted by atomic mass is 10.2. The van der Waals surface area contributed by atoms with Crippen molar-refractivity contribution in [1.29, 1.82) is 0 Å². The third-order valence-corrected chi connectivity index (χ3v) is 4.82. The first kappa shape index (κ1) is 18.9. The molecular formula is C17H14F3N3O3S. The molecule has 0 aliphatic carbocycles. The zero-order chi connectivity index (χ0) is 19.8. The largest absolute Gasteiger partial charge is 0.416 e. The summed E-state index contributed by atoms with van der Waals surface area (Å²) >= 11 is 1.15. The Hall–Kier alpha value is -2.88. The highest BCUT2D eigenvalue weighted by Gasteiger charge is 2.30. The van der Waals surface area contributed by atoms with Crippen molar-refractivity contribution < 1.29 is 18.0 Å². The van der Waals surface area contributed by atoms with Crippen LogP contribution in [0.5, 0.6) is 0 Å². The summed E-state index contributed by atoms with van der Waals surface area (Å²) in [4.78, 5) is 37.1. The van der Waals surface area contributed by atoms with Gasteiger partial charge in [-0.3, -0.25) is 18.7 Å². The van der Waals surface area contributed by atoms with E-state index in [0.29, 0.717) is 10.2 Å². The predicted octanol–water partition coefficient (Wildman–Crippen LogP) is 2.90. The summed E-state index contributed by atoms with van der Waals surface area (Å²) < 4.78 is 40.8. The van der Waals surface area contributed by atoms with Crippen molar-refractivity contribution in [3.05, 3.63) is 62.1 Å². The molecule has 2 heterocycles. The van der Waals surface area contributed by atoms with Gasteiger partial charge in [0.1, 0.15) is 11.2 Å². The molecule has 0 saturated heterocycles. The van der Waals surface area contributed by atoms with Crippen LogP contribution in [-0.2, 0) is 24.1 Å². The summed E-state index contributed by atoms with van der Waals surface area (Å²) in [5.74, 6) is -0.676. The van der Waals surface area contributed by atoms with Gasteiger partial charge < -0.3 is 5.32 Å². The number of fused-ring (bicyclic) bond motifs is 1. The molecule has 1 amide bonds. The molecule has 0 radical (unpaired) electrons. The molecule has 6 nitrogen and oxygen atoms in total. The molecule has 2 aromatic heterocycles. The Bertz CT molecular complexity index is 1130. The van der Waals surface area contributed by atoms with Crippen molar-refractivity contribution in [2.75, 3.05) is 5.32 Å². The minimum atomic E-state index is -4.53. The van der Waals surface area contributed by atoms with Crippen LogP contribution < -0.4 is 16.6 Å². The van der Waals surface area contributed by atoms with Gasteiger partial charge in [0.25, 0.3) is 5.56 Å². The Morgan fingerprint density at radius 3 is 2.59 bits per heavy atom. The van der Waals surface area contributed by atoms with Crippen LogP contribution in [0, 0.1) is 0 Å². The first-order valence-electron chi connectivity index (χ1n) is 7.90. The molecule has 27 heavy (non-hydrogen) atoms. The minimum Gasteiger partial charge on any atom is -0.325 e. The van der Waals surface area contributed by atoms with Gasteiger partial charge in [0, 0.05) is 12.2 Å². The Morgan fingerprint density at radius 1 is 1.19 bits per heavy atom. The molecule has 0 saturated carbocycles. The molecule has 3 rings (SSSR count). The van der Waals surface area contributed by atoms with Gasteiger partial charge >= 0.3 is 11.9 Å². The number of rotatable bonds is 4. The minimum absolute atomic E-state index is 0.0340. The monoisotopic (exact) mass is 397 g/mol. The van der Waals surface area contributed by atoms with Crippen molar-refractivity contribution in [2.24, 2.45) is 0 Å². The smallest absolute Gasteiger partial charge is 0.325 e. The van der Waals surface area contributed by atoms with E-state index in [-0.39, 0.29) is 12.2 Å². The number of hydrogen-bond donors (Lipinski definition) is 1. The maximum Gasteiger partial charge on any atom is 0.416 e. The average molecular weight is 397 g/mol. The van der Waals surface area contributed by atoms with Crippen molar-refractivity contribution in [3.63, 3.8) is 0 Å². The van der Waals surface area contributed by atoms with Crippen LogP contribution in [-0.4, -0.2) is 15.0 Å². The number of thiophene rings is 1. The van der Waals surface area contributed by atoms with Crippen molar-refractivity contribution in [3.8, 4) is 0 Å². The Labute approximate surface area is 154 Å². The van der Waals surface area contributed by atoms with Crippen LogP contribution in [0.25, 0.3) is 10.2 Å². The van der Waals surface area contributed by atoms with E-state index in [0.717, 1.165) is 32.6 Å². The second-order valence-electron chi connectivity index (χ2n) is 5.68. The molecule has 10 heteroatoms. The van der Waals surface area contributed by atoms with Crippen LogP contribution in [0.1, 0.15) is 12.5 Å². The number of hydrogen-bond acceptors (Lipinski definition) is 4. The fourth-order valence-corrected chi connectivity index (χ4v) is 3.53. The normalized spacial score (nSPS) is 11.7. The molecular weight excluding hydrogens is 383 g/mol. The standard InChI is InChI=1S/C17H14F3N3O3S/c1-2-22-15(25)14-12(6-7-27-14)23(16(22)26)9-13(24)21-11-5-3-4-10(8-11)17(18,19)20/h3-8H,2,9H2,1H3,(H,21,24). The zero-order valence-electron chi connectivity index (χ0n) is 14.0. The van der Waals surface area contributed by atoms with Crippen LogP contribution in [0.4, 0.5) is 18.9 Å². The highest BCUT2D eigenvalue weighted by Crippen LogP contribution is 2.30. The molecule has 0 fully saturated rings. The number of nitrogens with one attached hydrogen (secondary N) is 1. The molecule has 1 N–H and O–H groups in total. The number of anilines is 1. The quantitative estimate of drug-likeness (QED) is 0.736. The van der Waals surface area contributed by atoms with E-state index in [1.807, 2.05) is 0 Å².